The van der Waals surface area contributed by atoms with E-state index in [1.807, 2.05) is 43.0 Å². The zero-order valence-electron chi connectivity index (χ0n) is 13.5. The van der Waals surface area contributed by atoms with Gasteiger partial charge in [0.25, 0.3) is 11.8 Å². The van der Waals surface area contributed by atoms with Crippen molar-refractivity contribution in [3.63, 3.8) is 0 Å². The average molecular weight is 311 g/mol. The van der Waals surface area contributed by atoms with Gasteiger partial charge in [-0.3, -0.25) is 9.59 Å². The second-order valence-electron chi connectivity index (χ2n) is 5.97. The minimum Gasteiger partial charge on any atom is -0.357 e. The first-order valence-corrected chi connectivity index (χ1v) is 7.85. The maximum Gasteiger partial charge on any atom is 0.270 e. The van der Waals surface area contributed by atoms with Crippen molar-refractivity contribution in [3.8, 4) is 0 Å². The van der Waals surface area contributed by atoms with Gasteiger partial charge in [-0.15, -0.1) is 0 Å². The Bertz CT molecular complexity index is 714. The van der Waals surface area contributed by atoms with E-state index in [0.717, 1.165) is 11.1 Å². The summed E-state index contributed by atoms with van der Waals surface area (Å²) in [6.07, 6.45) is 1.74. The van der Waals surface area contributed by atoms with E-state index in [1.54, 1.807) is 17.2 Å². The van der Waals surface area contributed by atoms with Crippen LogP contribution in [0.4, 0.5) is 0 Å². The number of aromatic amines is 1. The van der Waals surface area contributed by atoms with Gasteiger partial charge in [0, 0.05) is 37.9 Å². The van der Waals surface area contributed by atoms with Crippen LogP contribution < -0.4 is 0 Å². The fourth-order valence-electron chi connectivity index (χ4n) is 2.80. The molecule has 1 saturated heterocycles. The van der Waals surface area contributed by atoms with Crippen molar-refractivity contribution < 1.29 is 9.59 Å². The third-order valence-corrected chi connectivity index (χ3v) is 4.44. The van der Waals surface area contributed by atoms with Gasteiger partial charge in [-0.05, 0) is 49.2 Å². The Morgan fingerprint density at radius 3 is 2.13 bits per heavy atom. The molecule has 23 heavy (non-hydrogen) atoms. The van der Waals surface area contributed by atoms with E-state index in [0.29, 0.717) is 31.9 Å². The lowest BCUT2D eigenvalue weighted by atomic mass is 10.1. The summed E-state index contributed by atoms with van der Waals surface area (Å²) < 4.78 is 0. The summed E-state index contributed by atoms with van der Waals surface area (Å²) in [5.74, 6) is 0.0355. The molecule has 5 nitrogen and oxygen atoms in total. The topological polar surface area (TPSA) is 56.4 Å². The first-order valence-electron chi connectivity index (χ1n) is 7.85. The lowest BCUT2D eigenvalue weighted by molar-refractivity contribution is 0.0532. The first-order chi connectivity index (χ1) is 11.1. The second kappa shape index (κ2) is 6.28. The van der Waals surface area contributed by atoms with Crippen molar-refractivity contribution in [3.05, 3.63) is 58.9 Å². The highest BCUT2D eigenvalue weighted by Crippen LogP contribution is 2.14. The highest BCUT2D eigenvalue weighted by molar-refractivity contribution is 5.95. The Labute approximate surface area is 135 Å². The van der Waals surface area contributed by atoms with Crippen LogP contribution in [0, 0.1) is 13.8 Å². The summed E-state index contributed by atoms with van der Waals surface area (Å²) in [4.78, 5) is 31.4. The third-order valence-electron chi connectivity index (χ3n) is 4.44. The van der Waals surface area contributed by atoms with E-state index in [9.17, 15) is 9.59 Å². The van der Waals surface area contributed by atoms with Crippen molar-refractivity contribution in [2.75, 3.05) is 26.2 Å². The smallest absolute Gasteiger partial charge is 0.270 e. The van der Waals surface area contributed by atoms with Gasteiger partial charge in [-0.25, -0.2) is 0 Å². The van der Waals surface area contributed by atoms with Gasteiger partial charge in [0.1, 0.15) is 5.69 Å². The van der Waals surface area contributed by atoms with Crippen molar-refractivity contribution in [1.82, 2.24) is 14.8 Å². The highest BCUT2D eigenvalue weighted by atomic mass is 16.2. The molecule has 2 amide bonds. The number of H-pyrrole nitrogens is 1. The number of nitrogens with one attached hydrogen (secondary N) is 1. The number of aryl methyl sites for hydroxylation is 2. The lowest BCUT2D eigenvalue weighted by Gasteiger charge is -2.34. The maximum atomic E-state index is 12.6. The fraction of sp³-hybridized carbons (Fsp3) is 0.333. The summed E-state index contributed by atoms with van der Waals surface area (Å²) in [6.45, 7) is 6.31. The molecule has 120 valence electrons. The summed E-state index contributed by atoms with van der Waals surface area (Å²) in [6, 6.07) is 9.38. The van der Waals surface area contributed by atoms with Crippen LogP contribution in [0.25, 0.3) is 0 Å². The molecule has 0 bridgehead atoms. The molecule has 0 aliphatic carbocycles. The molecule has 1 aliphatic heterocycles. The number of piperazine rings is 1. The quantitative estimate of drug-likeness (QED) is 0.924. The summed E-state index contributed by atoms with van der Waals surface area (Å²) in [7, 11) is 0. The number of carbonyl (C=O) groups excluding carboxylic acids is 2. The number of amides is 2. The Balaban J connectivity index is 1.63. The third kappa shape index (κ3) is 3.13. The molecule has 2 heterocycles. The molecule has 2 aromatic rings. The van der Waals surface area contributed by atoms with Crippen molar-refractivity contribution >= 4 is 11.8 Å². The van der Waals surface area contributed by atoms with Gasteiger partial charge < -0.3 is 14.8 Å². The summed E-state index contributed by atoms with van der Waals surface area (Å²) in [5, 5.41) is 0. The van der Waals surface area contributed by atoms with E-state index in [2.05, 4.69) is 4.98 Å². The normalized spacial score (nSPS) is 14.9. The zero-order chi connectivity index (χ0) is 16.4. The van der Waals surface area contributed by atoms with Crippen LogP contribution in [0.15, 0.2) is 36.5 Å². The second-order valence-corrected chi connectivity index (χ2v) is 5.97. The Morgan fingerprint density at radius 1 is 0.913 bits per heavy atom. The van der Waals surface area contributed by atoms with E-state index >= 15 is 0 Å². The molecular weight excluding hydrogens is 290 g/mol. The van der Waals surface area contributed by atoms with Gasteiger partial charge in [0.15, 0.2) is 0 Å². The number of nitrogens with zero attached hydrogens (tertiary/aromatic N) is 2. The number of hydrogen-bond donors (Lipinski definition) is 1. The SMILES string of the molecule is Cc1ccc(C(=O)N2CCN(C(=O)c3ccc[nH]3)CC2)cc1C. The van der Waals surface area contributed by atoms with Crippen LogP contribution in [0.1, 0.15) is 32.0 Å². The van der Waals surface area contributed by atoms with Crippen LogP contribution in [0.3, 0.4) is 0 Å². The molecule has 1 fully saturated rings. The molecule has 1 N–H and O–H groups in total. The number of carbonyl (C=O) groups is 2. The van der Waals surface area contributed by atoms with Gasteiger partial charge in [0.2, 0.25) is 0 Å². The van der Waals surface area contributed by atoms with Crippen LogP contribution in [-0.4, -0.2) is 52.8 Å². The first kappa shape index (κ1) is 15.3. The van der Waals surface area contributed by atoms with E-state index < -0.39 is 0 Å². The standard InChI is InChI=1S/C18H21N3O2/c1-13-5-6-15(12-14(13)2)17(22)20-8-10-21(11-9-20)18(23)16-4-3-7-19-16/h3-7,12,19H,8-11H2,1-2H3. The molecule has 1 aliphatic rings. The van der Waals surface area contributed by atoms with E-state index in [-0.39, 0.29) is 11.8 Å². The Kier molecular flexibility index (Phi) is 4.19. The molecule has 0 atom stereocenters. The van der Waals surface area contributed by atoms with Crippen LogP contribution in [0.2, 0.25) is 0 Å². The minimum atomic E-state index is -0.00622. The van der Waals surface area contributed by atoms with Crippen LogP contribution >= 0.6 is 0 Å². The largest absolute Gasteiger partial charge is 0.357 e. The highest BCUT2D eigenvalue weighted by Gasteiger charge is 2.25. The van der Waals surface area contributed by atoms with Crippen LogP contribution in [-0.2, 0) is 0 Å². The summed E-state index contributed by atoms with van der Waals surface area (Å²) in [5.41, 5.74) is 3.62. The zero-order valence-corrected chi connectivity index (χ0v) is 13.5. The molecule has 0 unspecified atom stereocenters. The van der Waals surface area contributed by atoms with Gasteiger partial charge in [0.05, 0.1) is 0 Å². The monoisotopic (exact) mass is 311 g/mol. The Hall–Kier alpha value is -2.56. The number of rotatable bonds is 2. The minimum absolute atomic E-state index is 0.00622. The van der Waals surface area contributed by atoms with Gasteiger partial charge >= 0.3 is 0 Å². The fourth-order valence-corrected chi connectivity index (χ4v) is 2.80. The number of benzene rings is 1. The molecule has 1 aromatic carbocycles. The van der Waals surface area contributed by atoms with Gasteiger partial charge in [-0.2, -0.15) is 0 Å². The van der Waals surface area contributed by atoms with Crippen LogP contribution in [0.5, 0.6) is 0 Å². The van der Waals surface area contributed by atoms with E-state index in [4.69, 9.17) is 0 Å². The molecule has 5 heteroatoms. The molecule has 1 aromatic heterocycles. The molecular formula is C18H21N3O2. The molecule has 3 rings (SSSR count). The molecule has 0 radical (unpaired) electrons. The van der Waals surface area contributed by atoms with E-state index in [1.165, 1.54) is 5.56 Å². The predicted molar refractivity (Wildman–Crippen MR) is 88.5 cm³/mol. The van der Waals surface area contributed by atoms with Crippen molar-refractivity contribution in [1.29, 1.82) is 0 Å². The Morgan fingerprint density at radius 2 is 1.57 bits per heavy atom. The van der Waals surface area contributed by atoms with Crippen molar-refractivity contribution in [2.24, 2.45) is 0 Å². The lowest BCUT2D eigenvalue weighted by Crippen LogP contribution is -2.50. The molecule has 0 saturated carbocycles. The number of aromatic nitrogens is 1. The van der Waals surface area contributed by atoms with Gasteiger partial charge in [-0.1, -0.05) is 6.07 Å². The summed E-state index contributed by atoms with van der Waals surface area (Å²) >= 11 is 0. The van der Waals surface area contributed by atoms with Crippen molar-refractivity contribution in [2.45, 2.75) is 13.8 Å². The molecule has 0 spiro atoms. The number of hydrogen-bond acceptors (Lipinski definition) is 2. The predicted octanol–water partition coefficient (Wildman–Crippen LogP) is 2.23. The maximum absolute atomic E-state index is 12.6. The average Bonchev–Trinajstić information content (AvgIpc) is 3.11.